The zero-order valence-corrected chi connectivity index (χ0v) is 21.5. The highest BCUT2D eigenvalue weighted by atomic mass is 32.1. The summed E-state index contributed by atoms with van der Waals surface area (Å²) in [5.74, 6) is 0.615. The minimum atomic E-state index is -0.378. The normalized spacial score (nSPS) is 19.3. The highest BCUT2D eigenvalue weighted by molar-refractivity contribution is 7.09. The van der Waals surface area contributed by atoms with Gasteiger partial charge in [-0.15, -0.1) is 11.3 Å². The first-order valence-corrected chi connectivity index (χ1v) is 12.4. The smallest absolute Gasteiger partial charge is 0.249 e. The Balaban J connectivity index is 1.79. The molecule has 184 valence electrons. The fourth-order valence-electron chi connectivity index (χ4n) is 3.90. The maximum Gasteiger partial charge on any atom is 0.249 e. The van der Waals surface area contributed by atoms with E-state index in [0.29, 0.717) is 31.1 Å². The third-order valence-electron chi connectivity index (χ3n) is 5.58. The molecule has 8 heteroatoms. The van der Waals surface area contributed by atoms with Crippen molar-refractivity contribution in [3.05, 3.63) is 94.4 Å². The molecule has 2 aromatic heterocycles. The molecule has 0 radical (unpaired) electrons. The molecular weight excluding hydrogens is 460 g/mol. The van der Waals surface area contributed by atoms with Crippen molar-refractivity contribution in [1.29, 1.82) is 0 Å². The molecule has 0 bridgehead atoms. The first-order valence-electron chi connectivity index (χ1n) is 11.5. The second-order valence-electron chi connectivity index (χ2n) is 8.08. The third-order valence-corrected chi connectivity index (χ3v) is 6.46. The van der Waals surface area contributed by atoms with Gasteiger partial charge in [0.05, 0.1) is 18.2 Å². The Hall–Kier alpha value is -3.52. The molecule has 0 saturated carbocycles. The van der Waals surface area contributed by atoms with Crippen molar-refractivity contribution < 1.29 is 14.2 Å². The molecule has 3 rings (SSSR count). The number of carbonyl (C=O) groups is 1. The molecule has 2 unspecified atom stereocenters. The molecule has 1 fully saturated rings. The van der Waals surface area contributed by atoms with E-state index in [9.17, 15) is 4.79 Å². The van der Waals surface area contributed by atoms with E-state index in [1.807, 2.05) is 74.7 Å². The predicted octanol–water partition coefficient (Wildman–Crippen LogP) is 5.82. The molecule has 0 aromatic carbocycles. The average Bonchev–Trinajstić information content (AvgIpc) is 3.61. The summed E-state index contributed by atoms with van der Waals surface area (Å²) in [6.45, 7) is 9.98. The predicted molar refractivity (Wildman–Crippen MR) is 140 cm³/mol. The number of carbonyl (C=O) groups excluding carboxylic acids is 1. The van der Waals surface area contributed by atoms with Gasteiger partial charge in [0, 0.05) is 17.7 Å². The Labute approximate surface area is 210 Å². The number of oxime groups is 1. The van der Waals surface area contributed by atoms with Crippen LogP contribution in [0.2, 0.25) is 0 Å². The minimum absolute atomic E-state index is 0.0405. The SMILES string of the molecule is C=C/C=C(\C=C/C)C(/C=C\C(C)C(=O)N1CC(=NOC)CC1c1nc(Cc2cccs2)no1)=C/C. The van der Waals surface area contributed by atoms with Crippen LogP contribution in [0.4, 0.5) is 0 Å². The molecule has 0 aliphatic carbocycles. The Morgan fingerprint density at radius 2 is 2.23 bits per heavy atom. The summed E-state index contributed by atoms with van der Waals surface area (Å²) in [5, 5.41) is 10.3. The van der Waals surface area contributed by atoms with Gasteiger partial charge in [-0.2, -0.15) is 4.98 Å². The molecule has 0 spiro atoms. The molecule has 0 N–H and O–H groups in total. The molecule has 3 heterocycles. The van der Waals surface area contributed by atoms with Crippen LogP contribution in [0, 0.1) is 5.92 Å². The lowest BCUT2D eigenvalue weighted by molar-refractivity contribution is -0.134. The molecule has 2 aromatic rings. The van der Waals surface area contributed by atoms with Crippen LogP contribution in [0.25, 0.3) is 0 Å². The van der Waals surface area contributed by atoms with Crippen LogP contribution in [0.5, 0.6) is 0 Å². The van der Waals surface area contributed by atoms with Crippen molar-refractivity contribution in [3.63, 3.8) is 0 Å². The van der Waals surface area contributed by atoms with Crippen molar-refractivity contribution in [2.75, 3.05) is 13.7 Å². The van der Waals surface area contributed by atoms with Gasteiger partial charge in [0.25, 0.3) is 0 Å². The number of hydrogen-bond donors (Lipinski definition) is 0. The van der Waals surface area contributed by atoms with Gasteiger partial charge in [-0.05, 0) is 36.4 Å². The van der Waals surface area contributed by atoms with E-state index >= 15 is 0 Å². The number of hydrogen-bond acceptors (Lipinski definition) is 7. The molecule has 1 amide bonds. The second kappa shape index (κ2) is 12.8. The number of allylic oxidation sites excluding steroid dienone is 8. The number of nitrogens with zero attached hydrogens (tertiary/aromatic N) is 4. The van der Waals surface area contributed by atoms with Gasteiger partial charge in [0.2, 0.25) is 11.8 Å². The van der Waals surface area contributed by atoms with E-state index in [2.05, 4.69) is 21.9 Å². The zero-order valence-electron chi connectivity index (χ0n) is 20.7. The first kappa shape index (κ1) is 26.1. The maximum absolute atomic E-state index is 13.5. The monoisotopic (exact) mass is 492 g/mol. The second-order valence-corrected chi connectivity index (χ2v) is 9.11. The van der Waals surface area contributed by atoms with Gasteiger partial charge >= 0.3 is 0 Å². The lowest BCUT2D eigenvalue weighted by Gasteiger charge is -2.23. The summed E-state index contributed by atoms with van der Waals surface area (Å²) in [4.78, 5) is 26.0. The van der Waals surface area contributed by atoms with Crippen molar-refractivity contribution in [2.24, 2.45) is 11.1 Å². The number of thiophene rings is 1. The summed E-state index contributed by atoms with van der Waals surface area (Å²) in [6, 6.07) is 3.65. The van der Waals surface area contributed by atoms with E-state index in [1.54, 1.807) is 22.3 Å². The zero-order chi connectivity index (χ0) is 25.2. The van der Waals surface area contributed by atoms with Gasteiger partial charge in [-0.1, -0.05) is 72.4 Å². The van der Waals surface area contributed by atoms with E-state index in [1.165, 1.54) is 7.11 Å². The third kappa shape index (κ3) is 6.76. The van der Waals surface area contributed by atoms with Gasteiger partial charge in [-0.25, -0.2) is 0 Å². The van der Waals surface area contributed by atoms with Crippen LogP contribution >= 0.6 is 11.3 Å². The molecule has 35 heavy (non-hydrogen) atoms. The highest BCUT2D eigenvalue weighted by Crippen LogP contribution is 2.32. The Morgan fingerprint density at radius 3 is 2.89 bits per heavy atom. The van der Waals surface area contributed by atoms with Crippen molar-refractivity contribution >= 4 is 23.0 Å². The summed E-state index contributed by atoms with van der Waals surface area (Å²) in [5.41, 5.74) is 2.80. The first-order chi connectivity index (χ1) is 17.0. The Kier molecular flexibility index (Phi) is 9.55. The van der Waals surface area contributed by atoms with E-state index in [0.717, 1.165) is 21.7 Å². The fraction of sp³-hybridized carbons (Fsp3) is 0.333. The van der Waals surface area contributed by atoms with Crippen LogP contribution in [0.3, 0.4) is 0 Å². The van der Waals surface area contributed by atoms with Crippen LogP contribution in [0.15, 0.2) is 87.4 Å². The summed E-state index contributed by atoms with van der Waals surface area (Å²) >= 11 is 1.65. The van der Waals surface area contributed by atoms with E-state index in [4.69, 9.17) is 9.36 Å². The molecule has 1 aliphatic heterocycles. The van der Waals surface area contributed by atoms with Crippen LogP contribution in [-0.4, -0.2) is 40.3 Å². The number of amides is 1. The van der Waals surface area contributed by atoms with Crippen LogP contribution in [0.1, 0.15) is 49.8 Å². The number of aromatic nitrogens is 2. The van der Waals surface area contributed by atoms with Crippen molar-refractivity contribution in [3.8, 4) is 0 Å². The molecule has 2 atom stereocenters. The minimum Gasteiger partial charge on any atom is -0.399 e. The maximum atomic E-state index is 13.5. The van der Waals surface area contributed by atoms with Crippen LogP contribution in [-0.2, 0) is 16.1 Å². The lowest BCUT2D eigenvalue weighted by Crippen LogP contribution is -2.35. The van der Waals surface area contributed by atoms with Gasteiger partial charge < -0.3 is 14.3 Å². The average molecular weight is 493 g/mol. The van der Waals surface area contributed by atoms with Crippen molar-refractivity contribution in [2.45, 2.75) is 39.7 Å². The standard InChI is InChI=1S/C27H32N4O3S/c1-6-10-21(11-7-2)20(8-3)14-13-19(4)27(32)31-18-22(29-33-5)16-24(31)26-28-25(30-34-26)17-23-12-9-15-35-23/h6-15,19,24H,1,16-18H2,2-5H3/b11-7-,14-13-,20-8+,21-10+,29-22?. The van der Waals surface area contributed by atoms with Gasteiger partial charge in [0.1, 0.15) is 13.2 Å². The Morgan fingerprint density at radius 1 is 1.40 bits per heavy atom. The highest BCUT2D eigenvalue weighted by Gasteiger charge is 2.39. The number of likely N-dealkylation sites (tertiary alicyclic amines) is 1. The lowest BCUT2D eigenvalue weighted by atomic mass is 10.0. The summed E-state index contributed by atoms with van der Waals surface area (Å²) in [7, 11) is 1.50. The molecule has 1 aliphatic rings. The molecular formula is C27H32N4O3S. The van der Waals surface area contributed by atoms with Gasteiger partial charge in [-0.3, -0.25) is 4.79 Å². The van der Waals surface area contributed by atoms with Crippen molar-refractivity contribution in [1.82, 2.24) is 15.0 Å². The largest absolute Gasteiger partial charge is 0.399 e. The quantitative estimate of drug-likeness (QED) is 0.308. The molecule has 1 saturated heterocycles. The molecule has 7 nitrogen and oxygen atoms in total. The summed E-state index contributed by atoms with van der Waals surface area (Å²) in [6.07, 6.45) is 14.7. The van der Waals surface area contributed by atoms with E-state index in [-0.39, 0.29) is 17.9 Å². The summed E-state index contributed by atoms with van der Waals surface area (Å²) < 4.78 is 5.59. The van der Waals surface area contributed by atoms with E-state index < -0.39 is 0 Å². The Bertz CT molecular complexity index is 1160. The fourth-order valence-corrected chi connectivity index (χ4v) is 4.60. The number of rotatable bonds is 10. The van der Waals surface area contributed by atoms with Gasteiger partial charge in [0.15, 0.2) is 5.82 Å². The van der Waals surface area contributed by atoms with Crippen LogP contribution < -0.4 is 0 Å². The topological polar surface area (TPSA) is 80.8 Å².